The molecular formula is C30H36N6O3. The van der Waals surface area contributed by atoms with E-state index in [9.17, 15) is 14.4 Å². The molecule has 3 aromatic rings. The number of nitrogens with zero attached hydrogens (tertiary/aromatic N) is 1. The van der Waals surface area contributed by atoms with Gasteiger partial charge in [0.15, 0.2) is 5.96 Å². The van der Waals surface area contributed by atoms with Crippen LogP contribution in [0.4, 0.5) is 0 Å². The van der Waals surface area contributed by atoms with Gasteiger partial charge in [-0.1, -0.05) is 84.9 Å². The van der Waals surface area contributed by atoms with Gasteiger partial charge in [0.1, 0.15) is 6.04 Å². The lowest BCUT2D eigenvalue weighted by atomic mass is 9.89. The highest BCUT2D eigenvalue weighted by Crippen LogP contribution is 2.29. The monoisotopic (exact) mass is 528 g/mol. The quantitative estimate of drug-likeness (QED) is 0.131. The van der Waals surface area contributed by atoms with Crippen molar-refractivity contribution < 1.29 is 14.4 Å². The third kappa shape index (κ3) is 8.70. The van der Waals surface area contributed by atoms with E-state index in [-0.39, 0.29) is 24.3 Å². The van der Waals surface area contributed by atoms with Crippen LogP contribution in [0.2, 0.25) is 0 Å². The summed E-state index contributed by atoms with van der Waals surface area (Å²) in [4.78, 5) is 40.0. The van der Waals surface area contributed by atoms with E-state index in [2.05, 4.69) is 10.6 Å². The summed E-state index contributed by atoms with van der Waals surface area (Å²) in [6.45, 7) is 2.40. The van der Waals surface area contributed by atoms with Crippen LogP contribution in [0.1, 0.15) is 47.9 Å². The maximum absolute atomic E-state index is 14.4. The van der Waals surface area contributed by atoms with Crippen molar-refractivity contribution in [2.45, 2.75) is 44.8 Å². The van der Waals surface area contributed by atoms with E-state index in [0.29, 0.717) is 25.9 Å². The van der Waals surface area contributed by atoms with Gasteiger partial charge >= 0.3 is 0 Å². The van der Waals surface area contributed by atoms with Crippen molar-refractivity contribution in [3.05, 3.63) is 107 Å². The summed E-state index contributed by atoms with van der Waals surface area (Å²) in [5.41, 5.74) is 14.6. The Hall–Kier alpha value is -4.66. The van der Waals surface area contributed by atoms with E-state index in [4.69, 9.17) is 16.9 Å². The van der Waals surface area contributed by atoms with Gasteiger partial charge in [0, 0.05) is 26.6 Å². The Morgan fingerprint density at radius 1 is 0.821 bits per heavy atom. The van der Waals surface area contributed by atoms with Crippen LogP contribution in [-0.2, 0) is 27.5 Å². The summed E-state index contributed by atoms with van der Waals surface area (Å²) in [6, 6.07) is 25.6. The van der Waals surface area contributed by atoms with Gasteiger partial charge in [-0.25, -0.2) is 0 Å². The van der Waals surface area contributed by atoms with Crippen molar-refractivity contribution in [2.75, 3.05) is 6.54 Å². The van der Waals surface area contributed by atoms with Gasteiger partial charge in [0.2, 0.25) is 17.7 Å². The lowest BCUT2D eigenvalue weighted by Crippen LogP contribution is -2.49. The third-order valence-corrected chi connectivity index (χ3v) is 6.39. The lowest BCUT2D eigenvalue weighted by Gasteiger charge is -2.33. The molecule has 0 aliphatic rings. The third-order valence-electron chi connectivity index (χ3n) is 6.39. The van der Waals surface area contributed by atoms with Gasteiger partial charge in [0.05, 0.1) is 5.92 Å². The lowest BCUT2D eigenvalue weighted by molar-refractivity contribution is -0.141. The molecule has 204 valence electrons. The molecule has 3 amide bonds. The number of guanidine groups is 1. The molecule has 3 aromatic carbocycles. The summed E-state index contributed by atoms with van der Waals surface area (Å²) in [7, 11) is 0. The highest BCUT2D eigenvalue weighted by molar-refractivity contribution is 5.92. The second-order valence-corrected chi connectivity index (χ2v) is 9.35. The molecule has 0 heterocycles. The van der Waals surface area contributed by atoms with Crippen LogP contribution in [0.3, 0.4) is 0 Å². The first-order valence-corrected chi connectivity index (χ1v) is 12.9. The molecule has 0 radical (unpaired) electrons. The molecule has 1 atom stereocenters. The number of rotatable bonds is 13. The Balaban J connectivity index is 1.97. The number of nitrogens with two attached hydrogens (primary N) is 2. The van der Waals surface area contributed by atoms with Crippen molar-refractivity contribution in [1.82, 2.24) is 15.5 Å². The zero-order valence-electron chi connectivity index (χ0n) is 22.1. The number of carbonyl (C=O) groups is 3. The van der Waals surface area contributed by atoms with Crippen LogP contribution < -0.4 is 22.1 Å². The van der Waals surface area contributed by atoms with Crippen LogP contribution in [-0.4, -0.2) is 41.2 Å². The summed E-state index contributed by atoms with van der Waals surface area (Å²) in [5.74, 6) is -1.76. The van der Waals surface area contributed by atoms with Crippen molar-refractivity contribution in [3.63, 3.8) is 0 Å². The van der Waals surface area contributed by atoms with E-state index in [0.717, 1.165) is 22.3 Å². The van der Waals surface area contributed by atoms with Gasteiger partial charge in [-0.2, -0.15) is 0 Å². The Labute approximate surface area is 229 Å². The number of nitrogens with one attached hydrogen (secondary N) is 3. The highest BCUT2D eigenvalue weighted by atomic mass is 16.2. The van der Waals surface area contributed by atoms with Gasteiger partial charge in [-0.05, 0) is 35.1 Å². The molecule has 0 aromatic heterocycles. The maximum Gasteiger partial charge on any atom is 0.240 e. The average Bonchev–Trinajstić information content (AvgIpc) is 2.92. The van der Waals surface area contributed by atoms with Gasteiger partial charge in [0.25, 0.3) is 0 Å². The molecular weight excluding hydrogens is 492 g/mol. The fourth-order valence-electron chi connectivity index (χ4n) is 4.43. The smallest absolute Gasteiger partial charge is 0.240 e. The number of carbonyl (C=O) groups excluding carboxylic acids is 3. The molecule has 0 fully saturated rings. The van der Waals surface area contributed by atoms with Gasteiger partial charge in [-0.3, -0.25) is 19.8 Å². The standard InChI is InChI=1S/C30H36N6O3/c1-21(37)35-19-22-14-16-23(17-15-22)20-36(26(28(31)38)13-8-18-34-30(32)33)29(39)27(24-9-4-2-5-10-24)25-11-6-3-7-12-25/h2-7,9-12,14-17,26-27H,8,13,18-20H2,1H3,(H2,31,38)(H,35,37)(H4,32,33,34)/t26-/m1/s1. The van der Waals surface area contributed by atoms with Gasteiger partial charge < -0.3 is 27.0 Å². The first-order valence-electron chi connectivity index (χ1n) is 12.9. The minimum atomic E-state index is -0.875. The zero-order valence-corrected chi connectivity index (χ0v) is 22.1. The summed E-state index contributed by atoms with van der Waals surface area (Å²) < 4.78 is 0. The average molecular weight is 529 g/mol. The Kier molecular flexibility index (Phi) is 10.6. The number of hydrogen-bond acceptors (Lipinski definition) is 4. The van der Waals surface area contributed by atoms with E-state index in [1.165, 1.54) is 6.92 Å². The van der Waals surface area contributed by atoms with E-state index in [1.807, 2.05) is 84.9 Å². The maximum atomic E-state index is 14.4. The second kappa shape index (κ2) is 14.3. The highest BCUT2D eigenvalue weighted by Gasteiger charge is 2.34. The predicted molar refractivity (Wildman–Crippen MR) is 151 cm³/mol. The molecule has 9 heteroatoms. The molecule has 3 rings (SSSR count). The molecule has 0 saturated carbocycles. The minimum absolute atomic E-state index is 0.118. The SMILES string of the molecule is CC(=O)NCc1ccc(CN(C(=O)C(c2ccccc2)c2ccccc2)[C@H](CCCNC(=N)N)C(N)=O)cc1. The largest absolute Gasteiger partial charge is 0.370 e. The summed E-state index contributed by atoms with van der Waals surface area (Å²) >= 11 is 0. The normalized spacial score (nSPS) is 11.4. The molecule has 7 N–H and O–H groups in total. The Bertz CT molecular complexity index is 1210. The van der Waals surface area contributed by atoms with Crippen LogP contribution in [0, 0.1) is 5.41 Å². The number of primary amides is 1. The van der Waals surface area contributed by atoms with Crippen molar-refractivity contribution in [1.29, 1.82) is 5.41 Å². The summed E-state index contributed by atoms with van der Waals surface area (Å²) in [6.07, 6.45) is 0.784. The van der Waals surface area contributed by atoms with E-state index < -0.39 is 17.9 Å². The second-order valence-electron chi connectivity index (χ2n) is 9.35. The number of amides is 3. The molecule has 0 aliphatic heterocycles. The van der Waals surface area contributed by atoms with Crippen molar-refractivity contribution in [2.24, 2.45) is 11.5 Å². The fourth-order valence-corrected chi connectivity index (χ4v) is 4.43. The molecule has 0 aliphatic carbocycles. The molecule has 39 heavy (non-hydrogen) atoms. The van der Waals surface area contributed by atoms with Crippen molar-refractivity contribution in [3.8, 4) is 0 Å². The first-order chi connectivity index (χ1) is 18.8. The molecule has 0 spiro atoms. The fraction of sp³-hybridized carbons (Fsp3) is 0.267. The summed E-state index contributed by atoms with van der Waals surface area (Å²) in [5, 5.41) is 12.9. The molecule has 0 saturated heterocycles. The molecule has 9 nitrogen and oxygen atoms in total. The minimum Gasteiger partial charge on any atom is -0.370 e. The molecule has 0 unspecified atom stereocenters. The number of hydrogen-bond donors (Lipinski definition) is 5. The van der Waals surface area contributed by atoms with E-state index >= 15 is 0 Å². The predicted octanol–water partition coefficient (Wildman–Crippen LogP) is 2.60. The number of benzene rings is 3. The van der Waals surface area contributed by atoms with Crippen LogP contribution in [0.5, 0.6) is 0 Å². The topological polar surface area (TPSA) is 154 Å². The Morgan fingerprint density at radius 3 is 1.85 bits per heavy atom. The van der Waals surface area contributed by atoms with E-state index in [1.54, 1.807) is 4.90 Å². The van der Waals surface area contributed by atoms with Gasteiger partial charge in [-0.15, -0.1) is 0 Å². The van der Waals surface area contributed by atoms with Crippen LogP contribution in [0.25, 0.3) is 0 Å². The molecule has 0 bridgehead atoms. The van der Waals surface area contributed by atoms with Crippen LogP contribution >= 0.6 is 0 Å². The zero-order chi connectivity index (χ0) is 28.2. The van der Waals surface area contributed by atoms with Crippen LogP contribution in [0.15, 0.2) is 84.9 Å². The Morgan fingerprint density at radius 2 is 1.36 bits per heavy atom. The first kappa shape index (κ1) is 28.9. The van der Waals surface area contributed by atoms with Crippen molar-refractivity contribution >= 4 is 23.7 Å².